The highest BCUT2D eigenvalue weighted by atomic mass is 32.2. The molecule has 3 rings (SSSR count). The van der Waals surface area contributed by atoms with E-state index in [1.165, 1.54) is 5.56 Å². The van der Waals surface area contributed by atoms with Crippen molar-refractivity contribution < 1.29 is 8.42 Å². The first-order valence-electron chi connectivity index (χ1n) is 8.18. The zero-order valence-electron chi connectivity index (χ0n) is 13.9. The van der Waals surface area contributed by atoms with Gasteiger partial charge < -0.3 is 0 Å². The number of hydrogen-bond donors (Lipinski definition) is 1. The minimum absolute atomic E-state index is 0.363. The maximum Gasteiger partial charge on any atom is 0.262 e. The molecule has 24 heavy (non-hydrogen) atoms. The molecule has 0 fully saturated rings. The van der Waals surface area contributed by atoms with Crippen LogP contribution in [0, 0.1) is 0 Å². The first-order chi connectivity index (χ1) is 11.6. The second-order valence-electron chi connectivity index (χ2n) is 5.74. The van der Waals surface area contributed by atoms with Gasteiger partial charge in [-0.05, 0) is 52.9 Å². The molecule has 3 aromatic carbocycles. The summed E-state index contributed by atoms with van der Waals surface area (Å²) in [6.45, 7) is 4.10. The largest absolute Gasteiger partial charge is 0.280 e. The number of benzene rings is 3. The summed E-state index contributed by atoms with van der Waals surface area (Å²) < 4.78 is 28.5. The molecule has 1 N–H and O–H groups in total. The average molecular weight is 339 g/mol. The summed E-state index contributed by atoms with van der Waals surface area (Å²) >= 11 is 0. The summed E-state index contributed by atoms with van der Waals surface area (Å²) in [5.41, 5.74) is 2.64. The standard InChI is InChI=1S/C20H21NO2S/c1-3-15-9-8-10-16-13-14-19(18(4-2)20(15)16)24(22,23)21-17-11-6-5-7-12-17/h5-14,21H,3-4H2,1-2H3. The zero-order valence-corrected chi connectivity index (χ0v) is 14.7. The fraction of sp³-hybridized carbons (Fsp3) is 0.200. The lowest BCUT2D eigenvalue weighted by Gasteiger charge is -2.16. The predicted octanol–water partition coefficient (Wildman–Crippen LogP) is 4.77. The number of rotatable bonds is 5. The van der Waals surface area contributed by atoms with Crippen molar-refractivity contribution >= 4 is 26.5 Å². The van der Waals surface area contributed by atoms with Crippen LogP contribution in [0.4, 0.5) is 5.69 Å². The lowest BCUT2D eigenvalue weighted by Crippen LogP contribution is -2.15. The Hall–Kier alpha value is -2.33. The third-order valence-corrected chi connectivity index (χ3v) is 5.71. The normalized spacial score (nSPS) is 11.6. The summed E-state index contributed by atoms with van der Waals surface area (Å²) in [4.78, 5) is 0.363. The molecular weight excluding hydrogens is 318 g/mol. The van der Waals surface area contributed by atoms with Crippen molar-refractivity contribution in [3.05, 3.63) is 71.8 Å². The summed E-state index contributed by atoms with van der Waals surface area (Å²) in [5, 5.41) is 2.16. The highest BCUT2D eigenvalue weighted by molar-refractivity contribution is 7.92. The Bertz CT molecular complexity index is 964. The minimum atomic E-state index is -3.62. The van der Waals surface area contributed by atoms with Crippen molar-refractivity contribution in [1.82, 2.24) is 0 Å². The number of para-hydroxylation sites is 1. The Morgan fingerprint density at radius 2 is 1.58 bits per heavy atom. The average Bonchev–Trinajstić information content (AvgIpc) is 2.60. The summed E-state index contributed by atoms with van der Waals surface area (Å²) in [5.74, 6) is 0. The van der Waals surface area contributed by atoms with Crippen LogP contribution in [0.25, 0.3) is 10.8 Å². The molecule has 0 aliphatic rings. The number of nitrogens with one attached hydrogen (secondary N) is 1. The van der Waals surface area contributed by atoms with E-state index in [1.54, 1.807) is 18.2 Å². The summed E-state index contributed by atoms with van der Waals surface area (Å²) in [6.07, 6.45) is 1.54. The van der Waals surface area contributed by atoms with Crippen LogP contribution in [0.2, 0.25) is 0 Å². The number of sulfonamides is 1. The van der Waals surface area contributed by atoms with Gasteiger partial charge in [0.1, 0.15) is 0 Å². The van der Waals surface area contributed by atoms with Gasteiger partial charge in [-0.2, -0.15) is 0 Å². The molecule has 0 aliphatic carbocycles. The Morgan fingerprint density at radius 3 is 2.25 bits per heavy atom. The van der Waals surface area contributed by atoms with Crippen molar-refractivity contribution in [2.24, 2.45) is 0 Å². The summed E-state index contributed by atoms with van der Waals surface area (Å²) in [6, 6.07) is 18.7. The third-order valence-electron chi connectivity index (χ3n) is 4.25. The molecule has 3 aromatic rings. The molecule has 4 heteroatoms. The molecule has 0 saturated carbocycles. The molecule has 0 amide bonds. The number of anilines is 1. The molecule has 0 saturated heterocycles. The maximum absolute atomic E-state index is 12.9. The van der Waals surface area contributed by atoms with Crippen LogP contribution >= 0.6 is 0 Å². The van der Waals surface area contributed by atoms with E-state index in [4.69, 9.17) is 0 Å². The molecule has 0 bridgehead atoms. The molecule has 124 valence electrons. The fourth-order valence-corrected chi connectivity index (χ4v) is 4.50. The third kappa shape index (κ3) is 3.02. The Morgan fingerprint density at radius 1 is 0.833 bits per heavy atom. The first-order valence-corrected chi connectivity index (χ1v) is 9.66. The van der Waals surface area contributed by atoms with Gasteiger partial charge in [0.15, 0.2) is 0 Å². The first kappa shape index (κ1) is 16.5. The van der Waals surface area contributed by atoms with Gasteiger partial charge in [-0.15, -0.1) is 0 Å². The second-order valence-corrected chi connectivity index (χ2v) is 7.39. The van der Waals surface area contributed by atoms with Gasteiger partial charge in [0.2, 0.25) is 0 Å². The fourth-order valence-electron chi connectivity index (χ4n) is 3.13. The van der Waals surface area contributed by atoms with Gasteiger partial charge in [0.05, 0.1) is 4.90 Å². The van der Waals surface area contributed by atoms with Crippen LogP contribution in [0.5, 0.6) is 0 Å². The van der Waals surface area contributed by atoms with E-state index in [9.17, 15) is 8.42 Å². The van der Waals surface area contributed by atoms with E-state index in [0.29, 0.717) is 17.0 Å². The van der Waals surface area contributed by atoms with Crippen LogP contribution in [0.1, 0.15) is 25.0 Å². The van der Waals surface area contributed by atoms with Crippen molar-refractivity contribution in [2.75, 3.05) is 4.72 Å². The van der Waals surface area contributed by atoms with Crippen LogP contribution in [0.3, 0.4) is 0 Å². The molecular formula is C20H21NO2S. The Balaban J connectivity index is 2.19. The van der Waals surface area contributed by atoms with Gasteiger partial charge in [0.25, 0.3) is 10.0 Å². The van der Waals surface area contributed by atoms with Gasteiger partial charge in [-0.25, -0.2) is 8.42 Å². The highest BCUT2D eigenvalue weighted by Gasteiger charge is 2.20. The quantitative estimate of drug-likeness (QED) is 0.728. The zero-order chi connectivity index (χ0) is 17.2. The number of aryl methyl sites for hydroxylation is 2. The molecule has 0 aromatic heterocycles. The Labute approximate surface area is 143 Å². The summed E-state index contributed by atoms with van der Waals surface area (Å²) in [7, 11) is -3.62. The van der Waals surface area contributed by atoms with E-state index in [2.05, 4.69) is 17.7 Å². The van der Waals surface area contributed by atoms with Crippen LogP contribution in [-0.2, 0) is 22.9 Å². The lowest BCUT2D eigenvalue weighted by atomic mass is 9.96. The molecule has 0 unspecified atom stereocenters. The van der Waals surface area contributed by atoms with E-state index < -0.39 is 10.0 Å². The SMILES string of the molecule is CCc1cccc2ccc(S(=O)(=O)Nc3ccccc3)c(CC)c12. The topological polar surface area (TPSA) is 46.2 Å². The van der Waals surface area contributed by atoms with Crippen molar-refractivity contribution in [3.63, 3.8) is 0 Å². The monoisotopic (exact) mass is 339 g/mol. The molecule has 0 atom stereocenters. The van der Waals surface area contributed by atoms with E-state index in [-0.39, 0.29) is 0 Å². The van der Waals surface area contributed by atoms with Crippen molar-refractivity contribution in [3.8, 4) is 0 Å². The van der Waals surface area contributed by atoms with E-state index in [1.807, 2.05) is 43.3 Å². The maximum atomic E-state index is 12.9. The van der Waals surface area contributed by atoms with Crippen molar-refractivity contribution in [2.45, 2.75) is 31.6 Å². The molecule has 0 spiro atoms. The smallest absolute Gasteiger partial charge is 0.262 e. The van der Waals surface area contributed by atoms with Gasteiger partial charge >= 0.3 is 0 Å². The van der Waals surface area contributed by atoms with E-state index in [0.717, 1.165) is 22.8 Å². The second kappa shape index (κ2) is 6.65. The number of hydrogen-bond acceptors (Lipinski definition) is 2. The number of fused-ring (bicyclic) bond motifs is 1. The van der Waals surface area contributed by atoms with Crippen LogP contribution in [0.15, 0.2) is 65.6 Å². The van der Waals surface area contributed by atoms with Gasteiger partial charge in [-0.3, -0.25) is 4.72 Å². The molecule has 0 radical (unpaired) electrons. The van der Waals surface area contributed by atoms with E-state index >= 15 is 0 Å². The molecule has 0 aliphatic heterocycles. The predicted molar refractivity (Wildman–Crippen MR) is 100.0 cm³/mol. The highest BCUT2D eigenvalue weighted by Crippen LogP contribution is 2.30. The van der Waals surface area contributed by atoms with Crippen LogP contribution < -0.4 is 4.72 Å². The minimum Gasteiger partial charge on any atom is -0.280 e. The van der Waals surface area contributed by atoms with Gasteiger partial charge in [0, 0.05) is 5.69 Å². The molecule has 0 heterocycles. The van der Waals surface area contributed by atoms with Crippen molar-refractivity contribution in [1.29, 1.82) is 0 Å². The molecule has 3 nitrogen and oxygen atoms in total. The lowest BCUT2D eigenvalue weighted by molar-refractivity contribution is 0.600. The Kier molecular flexibility index (Phi) is 4.58. The van der Waals surface area contributed by atoms with Gasteiger partial charge in [-0.1, -0.05) is 56.3 Å². The van der Waals surface area contributed by atoms with Crippen LogP contribution in [-0.4, -0.2) is 8.42 Å².